The van der Waals surface area contributed by atoms with Crippen molar-refractivity contribution in [3.63, 3.8) is 0 Å². The van der Waals surface area contributed by atoms with E-state index in [1.165, 1.54) is 0 Å². The highest BCUT2D eigenvalue weighted by molar-refractivity contribution is 5.37. The van der Waals surface area contributed by atoms with Crippen molar-refractivity contribution in [1.29, 1.82) is 0 Å². The number of hydrogen-bond acceptors (Lipinski definition) is 1. The van der Waals surface area contributed by atoms with E-state index in [9.17, 15) is 70.2 Å². The van der Waals surface area contributed by atoms with Crippen LogP contribution in [0.4, 0.5) is 70.2 Å². The van der Waals surface area contributed by atoms with Gasteiger partial charge in [-0.25, -0.2) is 13.7 Å². The van der Waals surface area contributed by atoms with E-state index in [-0.39, 0.29) is 0 Å². The highest BCUT2D eigenvalue weighted by atomic mass is 19.4. The highest BCUT2D eigenvalue weighted by Crippen LogP contribution is 2.77. The molecule has 1 aliphatic carbocycles. The molecule has 1 heterocycles. The largest absolute Gasteiger partial charge is 0.390 e. The Morgan fingerprint density at radius 2 is 0.704 bits per heavy atom. The second kappa shape index (κ2) is 4.53. The molecule has 0 spiro atoms. The Bertz CT molecular complexity index is 658. The number of fused-ring (bicyclic) bond motifs is 1. The van der Waals surface area contributed by atoms with Crippen LogP contribution in [0.3, 0.4) is 0 Å². The maximum atomic E-state index is 14.5. The average Bonchev–Trinajstić information content (AvgIpc) is 2.48. The van der Waals surface area contributed by atoms with E-state index in [2.05, 4.69) is 0 Å². The lowest BCUT2D eigenvalue weighted by Gasteiger charge is -2.64. The molecule has 2 fully saturated rings. The first kappa shape index (κ1) is 22.1. The van der Waals surface area contributed by atoms with E-state index in [0.717, 1.165) is 0 Å². The van der Waals surface area contributed by atoms with Gasteiger partial charge in [0.1, 0.15) is 0 Å². The number of hydrogen-bond donors (Lipinski definition) is 0. The van der Waals surface area contributed by atoms with Crippen molar-refractivity contribution < 1.29 is 70.2 Å². The lowest BCUT2D eigenvalue weighted by atomic mass is 9.62. The van der Waals surface area contributed by atoms with Crippen LogP contribution in [0.1, 0.15) is 0 Å². The molecule has 17 heteroatoms. The number of nitrogens with zero attached hydrogens (tertiary/aromatic N) is 1. The molecule has 1 nitrogen and oxygen atoms in total. The van der Waals surface area contributed by atoms with Crippen LogP contribution in [-0.4, -0.2) is 65.0 Å². The number of piperidine rings is 1. The Hall–Kier alpha value is -1.16. The fraction of sp³-hybridized carbons (Fsp3) is 1.00. The molecular formula is C10H3F16N. The minimum atomic E-state index is -8.02. The zero-order valence-corrected chi connectivity index (χ0v) is 12.0. The molecule has 2 unspecified atom stereocenters. The van der Waals surface area contributed by atoms with Crippen molar-refractivity contribution in [2.75, 3.05) is 7.05 Å². The maximum Gasteiger partial charge on any atom is 0.390 e. The summed E-state index contributed by atoms with van der Waals surface area (Å²) in [6.07, 6.45) is 0. The predicted octanol–water partition coefficient (Wildman–Crippen LogP) is 4.72. The maximum absolute atomic E-state index is 14.5. The van der Waals surface area contributed by atoms with Gasteiger partial charge in [0.25, 0.3) is 5.79 Å². The van der Waals surface area contributed by atoms with Crippen LogP contribution < -0.4 is 0 Å². The van der Waals surface area contributed by atoms with Gasteiger partial charge in [-0.05, 0) is 7.05 Å². The minimum Gasteiger partial charge on any atom is -0.224 e. The molecule has 1 saturated heterocycles. The number of alkyl halides is 16. The molecule has 2 atom stereocenters. The van der Waals surface area contributed by atoms with E-state index >= 15 is 0 Å². The van der Waals surface area contributed by atoms with Crippen LogP contribution in [0.5, 0.6) is 0 Å². The van der Waals surface area contributed by atoms with Crippen LogP contribution in [-0.2, 0) is 0 Å². The third-order valence-corrected chi connectivity index (χ3v) is 4.58. The van der Waals surface area contributed by atoms with Crippen LogP contribution in [0.25, 0.3) is 0 Å². The molecule has 0 aromatic heterocycles. The van der Waals surface area contributed by atoms with Gasteiger partial charge in [0.2, 0.25) is 0 Å². The first-order valence-electron chi connectivity index (χ1n) is 6.17. The third kappa shape index (κ3) is 1.54. The van der Waals surface area contributed by atoms with Gasteiger partial charge < -0.3 is 0 Å². The van der Waals surface area contributed by atoms with Gasteiger partial charge in [-0.2, -0.15) is 61.5 Å². The summed E-state index contributed by atoms with van der Waals surface area (Å²) in [5, 5.41) is 0. The topological polar surface area (TPSA) is 3.24 Å². The molecule has 0 bridgehead atoms. The van der Waals surface area contributed by atoms with Crippen LogP contribution in [0, 0.1) is 0 Å². The molecule has 0 N–H and O–H groups in total. The van der Waals surface area contributed by atoms with Crippen molar-refractivity contribution in [1.82, 2.24) is 4.90 Å². The average molecular weight is 441 g/mol. The van der Waals surface area contributed by atoms with Gasteiger partial charge in [-0.3, -0.25) is 0 Å². The van der Waals surface area contributed by atoms with Crippen LogP contribution in [0.2, 0.25) is 0 Å². The van der Waals surface area contributed by atoms with Crippen LogP contribution in [0.15, 0.2) is 0 Å². The first-order chi connectivity index (χ1) is 11.4. The Morgan fingerprint density at radius 3 is 1.07 bits per heavy atom. The summed E-state index contributed by atoms with van der Waals surface area (Å²) < 4.78 is 217. The summed E-state index contributed by atoms with van der Waals surface area (Å²) in [6.45, 7) is 0. The van der Waals surface area contributed by atoms with Gasteiger partial charge in [0.15, 0.2) is 0 Å². The number of likely N-dealkylation sites (tertiary alicyclic amines) is 1. The second-order valence-electron chi connectivity index (χ2n) is 5.83. The van der Waals surface area contributed by atoms with Crippen LogP contribution >= 0.6 is 0 Å². The molecule has 1 saturated carbocycles. The summed E-state index contributed by atoms with van der Waals surface area (Å²) in [6, 6.07) is -7.00. The summed E-state index contributed by atoms with van der Waals surface area (Å²) in [7, 11) is -1.15. The number of rotatable bonds is 0. The quantitative estimate of drug-likeness (QED) is 0.389. The SMILES string of the molecule is CN1C(F)(F)C(F)(F)C(F)(F)C2(F)C(F)(F)C(F)(F)C(F)(F)C(F)(F)C12F. The summed E-state index contributed by atoms with van der Waals surface area (Å²) in [4.78, 5) is -2.85. The molecule has 27 heavy (non-hydrogen) atoms. The molecule has 2 rings (SSSR count). The fourth-order valence-electron chi connectivity index (χ4n) is 2.90. The molecular weight excluding hydrogens is 438 g/mol. The Morgan fingerprint density at radius 1 is 0.407 bits per heavy atom. The Labute approximate surface area is 136 Å². The summed E-state index contributed by atoms with van der Waals surface area (Å²) >= 11 is 0. The summed E-state index contributed by atoms with van der Waals surface area (Å²) in [5.74, 6) is -54.4. The van der Waals surface area contributed by atoms with Crippen molar-refractivity contribution in [3.05, 3.63) is 0 Å². The molecule has 0 amide bonds. The van der Waals surface area contributed by atoms with Crippen molar-refractivity contribution in [3.8, 4) is 0 Å². The van der Waals surface area contributed by atoms with Gasteiger partial charge in [-0.15, -0.1) is 0 Å². The Kier molecular flexibility index (Phi) is 3.71. The minimum absolute atomic E-state index is 1.15. The normalized spacial score (nSPS) is 43.0. The molecule has 2 aliphatic rings. The standard InChI is InChI=1S/C10H3F16N/c1-27-9(24)2(11,4(14,15)8(22,23)10(27,25)26)3(12,13)5(16,17)6(18,19)7(9,20)21/h1H3. The molecule has 0 aromatic rings. The lowest BCUT2D eigenvalue weighted by Crippen LogP contribution is -2.97. The number of halogens is 16. The van der Waals surface area contributed by atoms with E-state index < -0.39 is 65.0 Å². The fourth-order valence-corrected chi connectivity index (χ4v) is 2.90. The Balaban J connectivity index is 3.14. The van der Waals surface area contributed by atoms with Gasteiger partial charge >= 0.3 is 47.3 Å². The lowest BCUT2D eigenvalue weighted by molar-refractivity contribution is -0.560. The van der Waals surface area contributed by atoms with Gasteiger partial charge in [0.05, 0.1) is 0 Å². The molecule has 160 valence electrons. The van der Waals surface area contributed by atoms with E-state index in [1.54, 1.807) is 0 Å². The zero-order valence-electron chi connectivity index (χ0n) is 12.0. The van der Waals surface area contributed by atoms with Gasteiger partial charge in [-0.1, -0.05) is 0 Å². The smallest absolute Gasteiger partial charge is 0.224 e. The van der Waals surface area contributed by atoms with E-state index in [0.29, 0.717) is 0 Å². The van der Waals surface area contributed by atoms with Gasteiger partial charge in [0, 0.05) is 0 Å². The molecule has 1 aliphatic heterocycles. The van der Waals surface area contributed by atoms with E-state index in [4.69, 9.17) is 0 Å². The van der Waals surface area contributed by atoms with Crippen molar-refractivity contribution in [2.45, 2.75) is 53.0 Å². The third-order valence-electron chi connectivity index (χ3n) is 4.58. The predicted molar refractivity (Wildman–Crippen MR) is 50.1 cm³/mol. The van der Waals surface area contributed by atoms with Crippen molar-refractivity contribution in [2.24, 2.45) is 0 Å². The molecule has 0 radical (unpaired) electrons. The van der Waals surface area contributed by atoms with Crippen molar-refractivity contribution >= 4 is 0 Å². The zero-order chi connectivity index (χ0) is 22.1. The monoisotopic (exact) mass is 441 g/mol. The van der Waals surface area contributed by atoms with E-state index in [1.807, 2.05) is 0 Å². The summed E-state index contributed by atoms with van der Waals surface area (Å²) in [5.41, 5.74) is -7.93. The second-order valence-corrected chi connectivity index (χ2v) is 5.83. The highest BCUT2D eigenvalue weighted by Gasteiger charge is 3.10. The first-order valence-corrected chi connectivity index (χ1v) is 6.17. The molecule has 0 aromatic carbocycles.